The van der Waals surface area contributed by atoms with E-state index in [-0.39, 0.29) is 5.56 Å². The smallest absolute Gasteiger partial charge is 0.145 e. The normalized spacial score (nSPS) is 19.1. The minimum Gasteiger partial charge on any atom is -0.205 e. The van der Waals surface area contributed by atoms with Gasteiger partial charge in [0, 0.05) is 5.56 Å². The van der Waals surface area contributed by atoms with E-state index in [1.807, 2.05) is 0 Å². The number of hydrogen-bond acceptors (Lipinski definition) is 1. The zero-order valence-electron chi connectivity index (χ0n) is 16.0. The minimum atomic E-state index is -0.874. The van der Waals surface area contributed by atoms with Crippen LogP contribution in [0.25, 0.3) is 0 Å². The molecule has 142 valence electrons. The zero-order chi connectivity index (χ0) is 19.9. The highest BCUT2D eigenvalue weighted by atomic mass is 19.1. The second-order valence-electron chi connectivity index (χ2n) is 7.26. The van der Waals surface area contributed by atoms with Gasteiger partial charge >= 0.3 is 0 Å². The molecule has 2 aromatic carbocycles. The summed E-state index contributed by atoms with van der Waals surface area (Å²) in [4.78, 5) is 0. The van der Waals surface area contributed by atoms with E-state index in [1.54, 1.807) is 6.08 Å². The van der Waals surface area contributed by atoms with Crippen LogP contribution in [0.1, 0.15) is 60.8 Å². The summed E-state index contributed by atoms with van der Waals surface area (Å²) < 4.78 is 27.2. The first-order valence-electron chi connectivity index (χ1n) is 9.77. The van der Waals surface area contributed by atoms with E-state index < -0.39 is 17.2 Å². The Morgan fingerprint density at radius 1 is 1.04 bits per heavy atom. The maximum atomic E-state index is 13.6. The largest absolute Gasteiger partial charge is 0.205 e. The highest BCUT2D eigenvalue weighted by Crippen LogP contribution is 2.36. The predicted molar refractivity (Wildman–Crippen MR) is 108 cm³/mol. The van der Waals surface area contributed by atoms with E-state index in [2.05, 4.69) is 49.1 Å². The third-order valence-electron chi connectivity index (χ3n) is 5.45. The molecule has 1 fully saturated rings. The molecule has 0 aliphatic heterocycles. The topological polar surface area (TPSA) is 23.8 Å². The van der Waals surface area contributed by atoms with Crippen molar-refractivity contribution in [1.29, 1.82) is 5.26 Å². The fourth-order valence-corrected chi connectivity index (χ4v) is 3.73. The molecule has 2 aromatic rings. The second-order valence-corrected chi connectivity index (χ2v) is 7.26. The Morgan fingerprint density at radius 3 is 2.25 bits per heavy atom. The van der Waals surface area contributed by atoms with Gasteiger partial charge in [0.15, 0.2) is 0 Å². The van der Waals surface area contributed by atoms with Crippen molar-refractivity contribution in [3.8, 4) is 17.9 Å². The highest BCUT2D eigenvalue weighted by Gasteiger charge is 2.20. The number of hydrogen-bond donors (Lipinski definition) is 0. The number of allylic oxidation sites excluding steroid dienone is 2. The summed E-state index contributed by atoms with van der Waals surface area (Å²) in [6.07, 6.45) is 9.52. The summed E-state index contributed by atoms with van der Waals surface area (Å²) in [5.74, 6) is 4.96. The molecule has 0 atom stereocenters. The van der Waals surface area contributed by atoms with Gasteiger partial charge in [-0.1, -0.05) is 49.1 Å². The summed E-state index contributed by atoms with van der Waals surface area (Å²) in [5, 5.41) is 8.69. The Kier molecular flexibility index (Phi) is 6.62. The van der Waals surface area contributed by atoms with Crippen LogP contribution in [-0.4, -0.2) is 0 Å². The van der Waals surface area contributed by atoms with Gasteiger partial charge < -0.3 is 0 Å². The molecule has 1 aliphatic rings. The first-order chi connectivity index (χ1) is 13.6. The lowest BCUT2D eigenvalue weighted by molar-refractivity contribution is 0.376. The summed E-state index contributed by atoms with van der Waals surface area (Å²) in [6.45, 7) is 2.17. The average Bonchev–Trinajstić information content (AvgIpc) is 2.72. The van der Waals surface area contributed by atoms with Crippen molar-refractivity contribution in [2.75, 3.05) is 0 Å². The van der Waals surface area contributed by atoms with Crippen molar-refractivity contribution < 1.29 is 8.78 Å². The number of rotatable bonds is 3. The lowest BCUT2D eigenvalue weighted by Gasteiger charge is -2.27. The Bertz CT molecular complexity index is 924. The van der Waals surface area contributed by atoms with Crippen molar-refractivity contribution in [1.82, 2.24) is 0 Å². The lowest BCUT2D eigenvalue weighted by atomic mass is 9.78. The Balaban J connectivity index is 1.55. The fraction of sp³-hybridized carbons (Fsp3) is 0.320. The number of halogens is 2. The monoisotopic (exact) mass is 375 g/mol. The first-order valence-corrected chi connectivity index (χ1v) is 9.77. The van der Waals surface area contributed by atoms with Crippen molar-refractivity contribution in [3.63, 3.8) is 0 Å². The molecular weight excluding hydrogens is 352 g/mol. The van der Waals surface area contributed by atoms with E-state index >= 15 is 0 Å². The molecule has 0 unspecified atom stereocenters. The first kappa shape index (κ1) is 19.8. The van der Waals surface area contributed by atoms with Gasteiger partial charge in [-0.2, -0.15) is 5.26 Å². The van der Waals surface area contributed by atoms with Crippen molar-refractivity contribution >= 4 is 0 Å². The summed E-state index contributed by atoms with van der Waals surface area (Å²) in [5.41, 5.74) is 2.48. The van der Waals surface area contributed by atoms with Gasteiger partial charge in [-0.3, -0.25) is 0 Å². The molecule has 0 heterocycles. The van der Waals surface area contributed by atoms with Crippen LogP contribution in [0.3, 0.4) is 0 Å². The number of nitrogens with zero attached hydrogens (tertiary/aromatic N) is 1. The summed E-state index contributed by atoms with van der Waals surface area (Å²) in [6, 6.07) is 12.7. The fourth-order valence-electron chi connectivity index (χ4n) is 3.73. The molecule has 0 radical (unpaired) electrons. The molecule has 1 saturated carbocycles. The van der Waals surface area contributed by atoms with Gasteiger partial charge in [-0.05, 0) is 73.3 Å². The van der Waals surface area contributed by atoms with E-state index in [0.717, 1.165) is 31.4 Å². The quantitative estimate of drug-likeness (QED) is 0.579. The van der Waals surface area contributed by atoms with E-state index in [0.29, 0.717) is 11.8 Å². The molecule has 0 spiro atoms. The lowest BCUT2D eigenvalue weighted by Crippen LogP contribution is -2.11. The van der Waals surface area contributed by atoms with Crippen LogP contribution in [0.2, 0.25) is 0 Å². The van der Waals surface area contributed by atoms with Gasteiger partial charge in [0.05, 0.1) is 0 Å². The number of benzene rings is 2. The molecule has 0 N–H and O–H groups in total. The molecule has 1 nitrogen and oxygen atoms in total. The standard InChI is InChI=1S/C25H23F2N/c1-2-18-7-11-21(12-8-18)22-13-9-19(10-14-22)5-3-4-6-20-15-24(26)23(17-28)25(27)16-20/h3,5,7-8,11-12,15-16,19,22H,2,9-10,13-14H2,1H3/t19-,22-. The van der Waals surface area contributed by atoms with Crippen LogP contribution in [0, 0.1) is 40.7 Å². The van der Waals surface area contributed by atoms with E-state index in [1.165, 1.54) is 30.0 Å². The Labute approximate surface area is 165 Å². The minimum absolute atomic E-state index is 0.234. The third-order valence-corrected chi connectivity index (χ3v) is 5.45. The molecule has 0 aromatic heterocycles. The van der Waals surface area contributed by atoms with Crippen LogP contribution in [0.4, 0.5) is 8.78 Å². The van der Waals surface area contributed by atoms with Crippen molar-refractivity contribution in [2.24, 2.45) is 5.92 Å². The van der Waals surface area contributed by atoms with Crippen LogP contribution in [0.5, 0.6) is 0 Å². The van der Waals surface area contributed by atoms with Crippen LogP contribution < -0.4 is 0 Å². The average molecular weight is 375 g/mol. The molecule has 3 rings (SSSR count). The molecular formula is C25H23F2N. The Morgan fingerprint density at radius 2 is 1.68 bits per heavy atom. The summed E-state index contributed by atoms with van der Waals surface area (Å²) >= 11 is 0. The maximum absolute atomic E-state index is 13.6. The predicted octanol–water partition coefficient (Wildman–Crippen LogP) is 6.28. The van der Waals surface area contributed by atoms with Crippen LogP contribution >= 0.6 is 0 Å². The van der Waals surface area contributed by atoms with E-state index in [9.17, 15) is 8.78 Å². The molecule has 0 amide bonds. The van der Waals surface area contributed by atoms with Gasteiger partial charge in [-0.15, -0.1) is 0 Å². The third kappa shape index (κ3) is 4.87. The van der Waals surface area contributed by atoms with Crippen LogP contribution in [0.15, 0.2) is 48.6 Å². The van der Waals surface area contributed by atoms with Gasteiger partial charge in [0.2, 0.25) is 0 Å². The molecule has 28 heavy (non-hydrogen) atoms. The van der Waals surface area contributed by atoms with Gasteiger partial charge in [-0.25, -0.2) is 8.78 Å². The highest BCUT2D eigenvalue weighted by molar-refractivity contribution is 5.43. The van der Waals surface area contributed by atoms with Gasteiger partial charge in [0.25, 0.3) is 0 Å². The maximum Gasteiger partial charge on any atom is 0.145 e. The van der Waals surface area contributed by atoms with E-state index in [4.69, 9.17) is 5.26 Å². The van der Waals surface area contributed by atoms with Crippen LogP contribution in [-0.2, 0) is 6.42 Å². The molecule has 1 aliphatic carbocycles. The summed E-state index contributed by atoms with van der Waals surface area (Å²) in [7, 11) is 0. The zero-order valence-corrected chi connectivity index (χ0v) is 16.0. The number of aryl methyl sites for hydroxylation is 1. The second kappa shape index (κ2) is 9.34. The Hall–Kier alpha value is -2.91. The molecule has 0 saturated heterocycles. The van der Waals surface area contributed by atoms with Crippen molar-refractivity contribution in [2.45, 2.75) is 44.9 Å². The van der Waals surface area contributed by atoms with Gasteiger partial charge in [0.1, 0.15) is 23.3 Å². The molecule has 0 bridgehead atoms. The number of nitriles is 1. The molecule has 3 heteroatoms. The van der Waals surface area contributed by atoms with Crippen molar-refractivity contribution in [3.05, 3.63) is 82.4 Å². The SMILES string of the molecule is CCc1ccc([C@H]2CC[C@H](C=CC#Cc3cc(F)c(C#N)c(F)c3)CC2)cc1.